The van der Waals surface area contributed by atoms with Crippen LogP contribution in [0.1, 0.15) is 51.9 Å². The second kappa shape index (κ2) is 7.66. The van der Waals surface area contributed by atoms with Gasteiger partial charge >= 0.3 is 5.97 Å². The minimum absolute atomic E-state index is 0.207. The lowest BCUT2D eigenvalue weighted by Crippen LogP contribution is -2.46. The molecule has 2 atom stereocenters. The van der Waals surface area contributed by atoms with Crippen LogP contribution in [0.15, 0.2) is 84.4 Å². The van der Waals surface area contributed by atoms with Gasteiger partial charge in [0.2, 0.25) is 0 Å². The van der Waals surface area contributed by atoms with Gasteiger partial charge in [0.15, 0.2) is 5.78 Å². The molecule has 0 spiro atoms. The van der Waals surface area contributed by atoms with Crippen molar-refractivity contribution in [2.24, 2.45) is 5.92 Å². The molecule has 1 fully saturated rings. The van der Waals surface area contributed by atoms with Crippen molar-refractivity contribution in [3.63, 3.8) is 0 Å². The Bertz CT molecular complexity index is 1180. The smallest absolute Gasteiger partial charge is 0.335 e. The summed E-state index contributed by atoms with van der Waals surface area (Å²) in [5, 5.41) is 9.49. The van der Waals surface area contributed by atoms with Crippen LogP contribution in [0.5, 0.6) is 0 Å². The molecule has 2 aliphatic carbocycles. The van der Waals surface area contributed by atoms with Crippen LogP contribution in [0, 0.1) is 5.92 Å². The fourth-order valence-electron chi connectivity index (χ4n) is 5.55. The molecule has 3 heteroatoms. The first kappa shape index (κ1) is 19.5. The monoisotopic (exact) mass is 408 g/mol. The van der Waals surface area contributed by atoms with E-state index in [1.807, 2.05) is 54.6 Å². The number of ketones is 1. The maximum Gasteiger partial charge on any atom is 0.335 e. The molecule has 1 unspecified atom stereocenters. The molecule has 0 aromatic heterocycles. The van der Waals surface area contributed by atoms with Crippen LogP contribution < -0.4 is 0 Å². The summed E-state index contributed by atoms with van der Waals surface area (Å²) in [5.41, 5.74) is 5.36. The topological polar surface area (TPSA) is 54.4 Å². The number of carboxylic acids is 1. The summed E-state index contributed by atoms with van der Waals surface area (Å²) in [5.74, 6) is -0.466. The lowest BCUT2D eigenvalue weighted by Gasteiger charge is -2.49. The van der Waals surface area contributed by atoms with Gasteiger partial charge in [0, 0.05) is 11.8 Å². The SMILES string of the molecule is O=C1C[C@H]2CCc3cc(C(=O)O)ccc3C2(c2ccccc2)C/C1=C\c1ccccc1. The number of Topliss-reactive ketones (excluding diaryl/α,β-unsaturated/α-hetero) is 1. The van der Waals surface area contributed by atoms with E-state index in [1.54, 1.807) is 6.07 Å². The highest BCUT2D eigenvalue weighted by Crippen LogP contribution is 2.54. The number of carboxylic acid groups (broad SMARTS) is 1. The molecule has 3 nitrogen and oxygen atoms in total. The number of aryl methyl sites for hydroxylation is 1. The molecule has 0 saturated heterocycles. The van der Waals surface area contributed by atoms with Crippen molar-refractivity contribution < 1.29 is 14.7 Å². The maximum atomic E-state index is 13.1. The highest BCUT2D eigenvalue weighted by atomic mass is 16.4. The quantitative estimate of drug-likeness (QED) is 0.567. The maximum absolute atomic E-state index is 13.1. The number of hydrogen-bond donors (Lipinski definition) is 1. The number of rotatable bonds is 3. The molecule has 5 rings (SSSR count). The van der Waals surface area contributed by atoms with Gasteiger partial charge in [-0.3, -0.25) is 4.79 Å². The lowest BCUT2D eigenvalue weighted by atomic mass is 9.53. The molecule has 0 bridgehead atoms. The molecular weight excluding hydrogens is 384 g/mol. The van der Waals surface area contributed by atoms with Gasteiger partial charge in [-0.25, -0.2) is 4.79 Å². The third-order valence-electron chi connectivity index (χ3n) is 6.98. The molecule has 3 aromatic carbocycles. The fourth-order valence-corrected chi connectivity index (χ4v) is 5.55. The number of fused-ring (bicyclic) bond motifs is 3. The van der Waals surface area contributed by atoms with Gasteiger partial charge < -0.3 is 5.11 Å². The van der Waals surface area contributed by atoms with E-state index in [0.717, 1.165) is 29.5 Å². The summed E-state index contributed by atoms with van der Waals surface area (Å²) in [6.45, 7) is 0. The van der Waals surface area contributed by atoms with Crippen molar-refractivity contribution in [2.45, 2.75) is 31.1 Å². The van der Waals surface area contributed by atoms with Gasteiger partial charge in [-0.2, -0.15) is 0 Å². The zero-order valence-electron chi connectivity index (χ0n) is 17.3. The number of aromatic carboxylic acids is 1. The Morgan fingerprint density at radius 2 is 1.68 bits per heavy atom. The van der Waals surface area contributed by atoms with Crippen LogP contribution in [0.3, 0.4) is 0 Å². The average Bonchev–Trinajstić information content (AvgIpc) is 2.80. The van der Waals surface area contributed by atoms with Crippen molar-refractivity contribution in [3.8, 4) is 0 Å². The summed E-state index contributed by atoms with van der Waals surface area (Å²) in [4.78, 5) is 24.7. The predicted octanol–water partition coefficient (Wildman–Crippen LogP) is 5.68. The second-order valence-corrected chi connectivity index (χ2v) is 8.63. The van der Waals surface area contributed by atoms with Crippen LogP contribution in [-0.2, 0) is 16.6 Å². The Balaban J connectivity index is 1.70. The molecule has 0 amide bonds. The Morgan fingerprint density at radius 3 is 2.39 bits per heavy atom. The summed E-state index contributed by atoms with van der Waals surface area (Å²) < 4.78 is 0. The Kier molecular flexibility index (Phi) is 4.82. The molecule has 0 heterocycles. The minimum atomic E-state index is -0.901. The number of carbonyl (C=O) groups is 2. The predicted molar refractivity (Wildman–Crippen MR) is 121 cm³/mol. The summed E-state index contributed by atoms with van der Waals surface area (Å²) in [6.07, 6.45) is 4.88. The second-order valence-electron chi connectivity index (χ2n) is 8.63. The summed E-state index contributed by atoms with van der Waals surface area (Å²) in [7, 11) is 0. The molecule has 1 N–H and O–H groups in total. The summed E-state index contributed by atoms with van der Waals surface area (Å²) >= 11 is 0. The van der Waals surface area contributed by atoms with E-state index in [4.69, 9.17) is 0 Å². The van der Waals surface area contributed by atoms with Crippen molar-refractivity contribution >= 4 is 17.8 Å². The van der Waals surface area contributed by atoms with Crippen LogP contribution in [0.2, 0.25) is 0 Å². The van der Waals surface area contributed by atoms with E-state index in [-0.39, 0.29) is 17.1 Å². The number of hydrogen-bond acceptors (Lipinski definition) is 2. The number of allylic oxidation sites excluding steroid dienone is 1. The van der Waals surface area contributed by atoms with E-state index < -0.39 is 5.97 Å². The normalized spacial score (nSPS) is 23.8. The van der Waals surface area contributed by atoms with Gasteiger partial charge in [0.05, 0.1) is 5.56 Å². The first-order valence-corrected chi connectivity index (χ1v) is 10.8. The first-order chi connectivity index (χ1) is 15.1. The standard InChI is InChI=1S/C28H24O3/c29-26-17-24-13-11-20-16-21(27(30)31)12-14-25(20)28(24,23-9-5-2-6-10-23)18-22(26)15-19-7-3-1-4-8-19/h1-10,12,14-16,24H,11,13,17-18H2,(H,30,31)/b22-15+/t24-,28?/m1/s1. The van der Waals surface area contributed by atoms with Gasteiger partial charge in [0.1, 0.15) is 0 Å². The third-order valence-corrected chi connectivity index (χ3v) is 6.98. The molecule has 1 saturated carbocycles. The van der Waals surface area contributed by atoms with Gasteiger partial charge in [-0.1, -0.05) is 66.7 Å². The Morgan fingerprint density at radius 1 is 0.968 bits per heavy atom. The molecular formula is C28H24O3. The average molecular weight is 408 g/mol. The van der Waals surface area contributed by atoms with Crippen molar-refractivity contribution in [1.29, 1.82) is 0 Å². The Labute approximate surface area is 182 Å². The van der Waals surface area contributed by atoms with Crippen molar-refractivity contribution in [1.82, 2.24) is 0 Å². The zero-order valence-corrected chi connectivity index (χ0v) is 17.3. The van der Waals surface area contributed by atoms with Gasteiger partial charge in [0.25, 0.3) is 0 Å². The van der Waals surface area contributed by atoms with E-state index in [0.29, 0.717) is 18.4 Å². The van der Waals surface area contributed by atoms with E-state index in [1.165, 1.54) is 11.1 Å². The van der Waals surface area contributed by atoms with Gasteiger partial charge in [-0.05, 0) is 71.2 Å². The van der Waals surface area contributed by atoms with Crippen LogP contribution in [-0.4, -0.2) is 16.9 Å². The summed E-state index contributed by atoms with van der Waals surface area (Å²) in [6, 6.07) is 26.0. The molecule has 0 radical (unpaired) electrons. The molecule has 3 aromatic rings. The van der Waals surface area contributed by atoms with E-state index >= 15 is 0 Å². The third kappa shape index (κ3) is 3.31. The van der Waals surface area contributed by atoms with E-state index in [9.17, 15) is 14.7 Å². The number of benzene rings is 3. The zero-order chi connectivity index (χ0) is 21.4. The molecule has 154 valence electrons. The number of carbonyl (C=O) groups excluding carboxylic acids is 1. The van der Waals surface area contributed by atoms with Gasteiger partial charge in [-0.15, -0.1) is 0 Å². The Hall–Kier alpha value is -3.46. The van der Waals surface area contributed by atoms with Crippen LogP contribution >= 0.6 is 0 Å². The largest absolute Gasteiger partial charge is 0.478 e. The highest BCUT2D eigenvalue weighted by molar-refractivity contribution is 6.01. The lowest BCUT2D eigenvalue weighted by molar-refractivity contribution is -0.118. The fraction of sp³-hybridized carbons (Fsp3) is 0.214. The molecule has 0 aliphatic heterocycles. The first-order valence-electron chi connectivity index (χ1n) is 10.8. The highest BCUT2D eigenvalue weighted by Gasteiger charge is 2.50. The molecule has 31 heavy (non-hydrogen) atoms. The van der Waals surface area contributed by atoms with Crippen LogP contribution in [0.25, 0.3) is 6.08 Å². The molecule has 2 aliphatic rings. The van der Waals surface area contributed by atoms with Crippen molar-refractivity contribution in [2.75, 3.05) is 0 Å². The van der Waals surface area contributed by atoms with Crippen molar-refractivity contribution in [3.05, 3.63) is 112 Å². The van der Waals surface area contributed by atoms with Crippen LogP contribution in [0.4, 0.5) is 0 Å². The van der Waals surface area contributed by atoms with E-state index in [2.05, 4.69) is 24.3 Å². The minimum Gasteiger partial charge on any atom is -0.478 e.